The minimum atomic E-state index is -0.655. The Balaban J connectivity index is 2.28. The van der Waals surface area contributed by atoms with Gasteiger partial charge in [0.1, 0.15) is 6.07 Å². The van der Waals surface area contributed by atoms with Crippen molar-refractivity contribution in [3.8, 4) is 17.3 Å². The largest absolute Gasteiger partial charge is 0.365 e. The zero-order valence-corrected chi connectivity index (χ0v) is 10.4. The highest BCUT2D eigenvalue weighted by Crippen LogP contribution is 2.21. The van der Waals surface area contributed by atoms with Gasteiger partial charge < -0.3 is 10.1 Å². The fourth-order valence-electron chi connectivity index (χ4n) is 2.02. The van der Waals surface area contributed by atoms with Gasteiger partial charge in [-0.2, -0.15) is 5.26 Å². The van der Waals surface area contributed by atoms with Crippen LogP contribution in [0.5, 0.6) is 0 Å². The third kappa shape index (κ3) is 1.89. The summed E-state index contributed by atoms with van der Waals surface area (Å²) < 4.78 is 1.62. The molecule has 5 nitrogen and oxygen atoms in total. The number of hydrogen-bond acceptors (Lipinski definition) is 3. The molecule has 0 spiro atoms. The summed E-state index contributed by atoms with van der Waals surface area (Å²) in [7, 11) is 0. The van der Waals surface area contributed by atoms with E-state index in [1.165, 1.54) is 0 Å². The predicted molar refractivity (Wildman–Crippen MR) is 72.7 cm³/mol. The lowest BCUT2D eigenvalue weighted by Crippen LogP contribution is -2.13. The molecule has 0 saturated carbocycles. The summed E-state index contributed by atoms with van der Waals surface area (Å²) in [6.07, 6.45) is 3.33. The third-order valence-electron chi connectivity index (χ3n) is 2.92. The van der Waals surface area contributed by atoms with Crippen LogP contribution in [0.3, 0.4) is 0 Å². The Morgan fingerprint density at radius 1 is 1.30 bits per heavy atom. The molecule has 0 aliphatic rings. The lowest BCUT2D eigenvalue weighted by atomic mass is 10.2. The van der Waals surface area contributed by atoms with Crippen molar-refractivity contribution in [3.05, 3.63) is 59.9 Å². The number of rotatable bonds is 2. The monoisotopic (exact) mass is 261 g/mol. The molecule has 0 aliphatic carbocycles. The highest BCUT2D eigenvalue weighted by molar-refractivity contribution is 5.99. The summed E-state index contributed by atoms with van der Waals surface area (Å²) in [5.74, 6) is -0.655. The van der Waals surface area contributed by atoms with Crippen LogP contribution in [-0.2, 0) is 0 Å². The van der Waals surface area contributed by atoms with Crippen molar-refractivity contribution in [3.63, 3.8) is 0 Å². The summed E-state index contributed by atoms with van der Waals surface area (Å²) >= 11 is 0. The smallest absolute Gasteiger partial charge is 0.253 e. The second-order valence-electron chi connectivity index (χ2n) is 4.24. The lowest BCUT2D eigenvalue weighted by Gasteiger charge is -1.99. The van der Waals surface area contributed by atoms with Gasteiger partial charge in [-0.05, 0) is 0 Å². The molecule has 0 fully saturated rings. The minimum Gasteiger partial charge on any atom is -0.365 e. The standard InChI is InChI=1S/C15H9N4O/c16-7-10-6-12(14(17)20)15-18-13(9-19(15)8-10)11-4-2-1-3-5-11/h1-5,8-9H,(H2,17,20). The van der Waals surface area contributed by atoms with E-state index in [0.29, 0.717) is 11.3 Å². The first kappa shape index (κ1) is 11.9. The van der Waals surface area contributed by atoms with Crippen molar-refractivity contribution in [2.45, 2.75) is 0 Å². The number of benzene rings is 1. The number of aromatic nitrogens is 2. The number of nitrogens with zero attached hydrogens (tertiary/aromatic N) is 3. The summed E-state index contributed by atoms with van der Waals surface area (Å²) in [5.41, 5.74) is 7.70. The highest BCUT2D eigenvalue weighted by Gasteiger charge is 2.13. The van der Waals surface area contributed by atoms with E-state index >= 15 is 0 Å². The molecule has 2 heterocycles. The number of nitrogens with two attached hydrogens (primary N) is 1. The van der Waals surface area contributed by atoms with Gasteiger partial charge in [0.15, 0.2) is 5.65 Å². The van der Waals surface area contributed by atoms with Gasteiger partial charge in [0, 0.05) is 24.0 Å². The van der Waals surface area contributed by atoms with E-state index in [0.717, 1.165) is 5.56 Å². The minimum absolute atomic E-state index is 0.117. The van der Waals surface area contributed by atoms with E-state index in [1.54, 1.807) is 16.8 Å². The Hall–Kier alpha value is -3.13. The normalized spacial score (nSPS) is 10.3. The van der Waals surface area contributed by atoms with E-state index in [4.69, 9.17) is 11.0 Å². The number of hydrogen-bond donors (Lipinski definition) is 1. The number of carbonyl (C=O) groups excluding carboxylic acids is 1. The van der Waals surface area contributed by atoms with E-state index in [1.807, 2.05) is 36.4 Å². The number of pyridine rings is 1. The van der Waals surface area contributed by atoms with Crippen LogP contribution >= 0.6 is 0 Å². The first-order valence-corrected chi connectivity index (χ1v) is 5.89. The van der Waals surface area contributed by atoms with E-state index in [2.05, 4.69) is 11.1 Å². The Morgan fingerprint density at radius 3 is 2.70 bits per heavy atom. The molecular formula is C15H9N4O. The Morgan fingerprint density at radius 2 is 2.05 bits per heavy atom. The Bertz CT molecular complexity index is 843. The first-order chi connectivity index (χ1) is 9.69. The van der Waals surface area contributed by atoms with E-state index in [9.17, 15) is 4.79 Å². The fourth-order valence-corrected chi connectivity index (χ4v) is 2.02. The zero-order valence-electron chi connectivity index (χ0n) is 10.4. The number of fused-ring (bicyclic) bond motifs is 1. The number of imidazole rings is 1. The molecule has 1 radical (unpaired) electrons. The maximum atomic E-state index is 11.5. The maximum absolute atomic E-state index is 11.5. The molecular weight excluding hydrogens is 252 g/mol. The quantitative estimate of drug-likeness (QED) is 0.763. The van der Waals surface area contributed by atoms with Crippen LogP contribution in [0.15, 0.2) is 42.7 Å². The Kier molecular flexibility index (Phi) is 2.70. The van der Waals surface area contributed by atoms with Crippen LogP contribution in [0.1, 0.15) is 15.9 Å². The van der Waals surface area contributed by atoms with Gasteiger partial charge in [0.2, 0.25) is 0 Å². The summed E-state index contributed by atoms with van der Waals surface area (Å²) in [6.45, 7) is 0. The molecule has 20 heavy (non-hydrogen) atoms. The van der Waals surface area contributed by atoms with Gasteiger partial charge in [-0.1, -0.05) is 30.3 Å². The van der Waals surface area contributed by atoms with Crippen molar-refractivity contribution < 1.29 is 4.79 Å². The fraction of sp³-hybridized carbons (Fsp3) is 0. The zero-order chi connectivity index (χ0) is 14.1. The van der Waals surface area contributed by atoms with Crippen molar-refractivity contribution in [2.75, 3.05) is 0 Å². The lowest BCUT2D eigenvalue weighted by molar-refractivity contribution is 0.100. The molecule has 1 aromatic carbocycles. The van der Waals surface area contributed by atoms with Gasteiger partial charge in [0.05, 0.1) is 16.8 Å². The topological polar surface area (TPSA) is 84.2 Å². The van der Waals surface area contributed by atoms with E-state index < -0.39 is 5.91 Å². The van der Waals surface area contributed by atoms with Crippen molar-refractivity contribution in [1.82, 2.24) is 9.38 Å². The van der Waals surface area contributed by atoms with Gasteiger partial charge in [-0.25, -0.2) is 4.98 Å². The molecule has 0 saturated heterocycles. The van der Waals surface area contributed by atoms with Gasteiger partial charge >= 0.3 is 0 Å². The van der Waals surface area contributed by atoms with Crippen LogP contribution in [0, 0.1) is 17.4 Å². The molecule has 2 N–H and O–H groups in total. The molecule has 5 heteroatoms. The van der Waals surface area contributed by atoms with Crippen LogP contribution in [0.4, 0.5) is 0 Å². The predicted octanol–water partition coefficient (Wildman–Crippen LogP) is 1.77. The maximum Gasteiger partial charge on any atom is 0.253 e. The SMILES string of the molecule is N#Cc1[c]c(C(N)=O)c2nc(-c3ccccc3)cn2c1. The highest BCUT2D eigenvalue weighted by atomic mass is 16.1. The second kappa shape index (κ2) is 4.52. The number of primary amides is 1. The average Bonchev–Trinajstić information content (AvgIpc) is 2.90. The van der Waals surface area contributed by atoms with Gasteiger partial charge in [0.25, 0.3) is 5.91 Å². The number of carbonyl (C=O) groups is 1. The van der Waals surface area contributed by atoms with Crippen LogP contribution in [-0.4, -0.2) is 15.3 Å². The molecule has 1 amide bonds. The van der Waals surface area contributed by atoms with Gasteiger partial charge in [-0.3, -0.25) is 4.79 Å². The summed E-state index contributed by atoms with van der Waals surface area (Å²) in [6, 6.07) is 14.2. The molecule has 3 aromatic rings. The molecule has 2 aromatic heterocycles. The number of nitriles is 1. The van der Waals surface area contributed by atoms with Crippen LogP contribution < -0.4 is 5.73 Å². The number of amides is 1. The molecule has 3 rings (SSSR count). The van der Waals surface area contributed by atoms with Crippen molar-refractivity contribution in [2.24, 2.45) is 5.73 Å². The second-order valence-corrected chi connectivity index (χ2v) is 4.24. The van der Waals surface area contributed by atoms with Crippen molar-refractivity contribution >= 4 is 11.6 Å². The molecule has 0 unspecified atom stereocenters. The van der Waals surface area contributed by atoms with Gasteiger partial charge in [-0.15, -0.1) is 0 Å². The molecule has 95 valence electrons. The summed E-state index contributed by atoms with van der Waals surface area (Å²) in [4.78, 5) is 15.9. The van der Waals surface area contributed by atoms with Crippen LogP contribution in [0.2, 0.25) is 0 Å². The van der Waals surface area contributed by atoms with Crippen LogP contribution in [0.25, 0.3) is 16.9 Å². The van der Waals surface area contributed by atoms with E-state index in [-0.39, 0.29) is 11.1 Å². The first-order valence-electron chi connectivity index (χ1n) is 5.89. The molecule has 0 bridgehead atoms. The Labute approximate surface area is 114 Å². The molecule has 0 atom stereocenters. The molecule has 0 aliphatic heterocycles. The average molecular weight is 261 g/mol. The third-order valence-corrected chi connectivity index (χ3v) is 2.92. The summed E-state index contributed by atoms with van der Waals surface area (Å²) in [5, 5.41) is 8.96. The van der Waals surface area contributed by atoms with Crippen molar-refractivity contribution in [1.29, 1.82) is 5.26 Å².